The molecule has 2 N–H and O–H groups in total. The first kappa shape index (κ1) is 23.7. The molecule has 3 heterocycles. The fourth-order valence-electron chi connectivity index (χ4n) is 3.71. The van der Waals surface area contributed by atoms with E-state index in [4.69, 9.17) is 4.52 Å². The zero-order valence-electron chi connectivity index (χ0n) is 18.4. The van der Waals surface area contributed by atoms with E-state index in [1.165, 1.54) is 18.5 Å². The minimum Gasteiger partial charge on any atom is -0.369 e. The number of anilines is 1. The first-order chi connectivity index (χ1) is 16.4. The third-order valence-corrected chi connectivity index (χ3v) is 5.55. The second-order valence-electron chi connectivity index (χ2n) is 7.93. The molecule has 0 bridgehead atoms. The maximum Gasteiger partial charge on any atom is 0.416 e. The van der Waals surface area contributed by atoms with Crippen molar-refractivity contribution in [2.45, 2.75) is 25.4 Å². The summed E-state index contributed by atoms with van der Waals surface area (Å²) in [5.74, 6) is 0.935. The molecular formula is C21H25F3N8O2. The van der Waals surface area contributed by atoms with Gasteiger partial charge in [-0.2, -0.15) is 23.3 Å². The van der Waals surface area contributed by atoms with Gasteiger partial charge in [0.05, 0.1) is 5.56 Å². The molecule has 2 aromatic heterocycles. The minimum absolute atomic E-state index is 0.103. The Kier molecular flexibility index (Phi) is 7.40. The average molecular weight is 478 g/mol. The number of H-pyrrole nitrogens is 1. The van der Waals surface area contributed by atoms with E-state index in [2.05, 4.69) is 35.5 Å². The average Bonchev–Trinajstić information content (AvgIpc) is 3.53. The highest BCUT2D eigenvalue weighted by atomic mass is 19.4. The molecule has 0 saturated carbocycles. The summed E-state index contributed by atoms with van der Waals surface area (Å²) in [6.07, 6.45) is -1.66. The molecule has 0 radical (unpaired) electrons. The van der Waals surface area contributed by atoms with Crippen molar-refractivity contribution in [1.82, 2.24) is 35.5 Å². The maximum absolute atomic E-state index is 12.9. The van der Waals surface area contributed by atoms with Gasteiger partial charge < -0.3 is 14.7 Å². The fraction of sp³-hybridized carbons (Fsp3) is 0.476. The number of hydrogen-bond donors (Lipinski definition) is 2. The fourth-order valence-corrected chi connectivity index (χ4v) is 3.71. The summed E-state index contributed by atoms with van der Waals surface area (Å²) < 4.78 is 43.9. The van der Waals surface area contributed by atoms with Crippen molar-refractivity contribution in [3.8, 4) is 11.6 Å². The molecular weight excluding hydrogens is 453 g/mol. The molecule has 1 amide bonds. The van der Waals surface area contributed by atoms with Crippen LogP contribution in [0, 0.1) is 0 Å². The van der Waals surface area contributed by atoms with Gasteiger partial charge in [0.2, 0.25) is 17.6 Å². The Morgan fingerprint density at radius 2 is 2.03 bits per heavy atom. The Bertz CT molecular complexity index is 1060. The van der Waals surface area contributed by atoms with Crippen LogP contribution in [0.3, 0.4) is 0 Å². The quantitative estimate of drug-likeness (QED) is 0.450. The first-order valence-corrected chi connectivity index (χ1v) is 11.0. The monoisotopic (exact) mass is 478 g/mol. The van der Waals surface area contributed by atoms with Gasteiger partial charge in [0.15, 0.2) is 5.82 Å². The van der Waals surface area contributed by atoms with Gasteiger partial charge >= 0.3 is 6.18 Å². The number of halogens is 3. The molecule has 1 saturated heterocycles. The summed E-state index contributed by atoms with van der Waals surface area (Å²) in [6.45, 7) is 4.19. The van der Waals surface area contributed by atoms with Crippen LogP contribution in [-0.2, 0) is 17.4 Å². The molecule has 4 rings (SSSR count). The Morgan fingerprint density at radius 1 is 1.21 bits per heavy atom. The van der Waals surface area contributed by atoms with Gasteiger partial charge in [-0.3, -0.25) is 14.8 Å². The number of aryl methyl sites for hydroxylation is 1. The highest BCUT2D eigenvalue weighted by molar-refractivity contribution is 5.75. The molecule has 34 heavy (non-hydrogen) atoms. The van der Waals surface area contributed by atoms with E-state index in [9.17, 15) is 18.0 Å². The summed E-state index contributed by atoms with van der Waals surface area (Å²) in [7, 11) is 0. The van der Waals surface area contributed by atoms with Gasteiger partial charge in [-0.15, -0.1) is 0 Å². The Balaban J connectivity index is 1.11. The predicted octanol–water partition coefficient (Wildman–Crippen LogP) is 2.13. The van der Waals surface area contributed by atoms with Gasteiger partial charge in [0.1, 0.15) is 6.33 Å². The van der Waals surface area contributed by atoms with Crippen molar-refractivity contribution in [2.24, 2.45) is 0 Å². The largest absolute Gasteiger partial charge is 0.416 e. The van der Waals surface area contributed by atoms with E-state index < -0.39 is 11.7 Å². The van der Waals surface area contributed by atoms with Crippen molar-refractivity contribution >= 4 is 11.6 Å². The van der Waals surface area contributed by atoms with Crippen molar-refractivity contribution in [3.63, 3.8) is 0 Å². The third kappa shape index (κ3) is 6.31. The summed E-state index contributed by atoms with van der Waals surface area (Å²) in [5.41, 5.74) is -0.0338. The van der Waals surface area contributed by atoms with E-state index in [-0.39, 0.29) is 12.3 Å². The van der Waals surface area contributed by atoms with E-state index in [1.807, 2.05) is 4.90 Å². The van der Waals surface area contributed by atoms with Crippen LogP contribution in [-0.4, -0.2) is 75.4 Å². The molecule has 0 spiro atoms. The number of aromatic amines is 1. The Labute approximate surface area is 193 Å². The molecule has 0 atom stereocenters. The van der Waals surface area contributed by atoms with Crippen LogP contribution in [0.4, 0.5) is 18.9 Å². The van der Waals surface area contributed by atoms with Crippen LogP contribution in [0.2, 0.25) is 0 Å². The first-order valence-electron chi connectivity index (χ1n) is 11.0. The summed E-state index contributed by atoms with van der Waals surface area (Å²) in [4.78, 5) is 24.4. The topological polar surface area (TPSA) is 116 Å². The van der Waals surface area contributed by atoms with Gasteiger partial charge in [-0.1, -0.05) is 11.2 Å². The van der Waals surface area contributed by atoms with Crippen LogP contribution >= 0.6 is 0 Å². The lowest BCUT2D eigenvalue weighted by atomic mass is 10.1. The van der Waals surface area contributed by atoms with Crippen LogP contribution < -0.4 is 10.2 Å². The highest BCUT2D eigenvalue weighted by Crippen LogP contribution is 2.31. The molecule has 182 valence electrons. The predicted molar refractivity (Wildman–Crippen MR) is 116 cm³/mol. The van der Waals surface area contributed by atoms with Gasteiger partial charge in [-0.25, -0.2) is 4.98 Å². The number of nitrogens with zero attached hydrogens (tertiary/aromatic N) is 6. The number of piperazine rings is 1. The number of carbonyl (C=O) groups excluding carboxylic acids is 1. The number of nitrogens with one attached hydrogen (secondary N) is 2. The van der Waals surface area contributed by atoms with E-state index in [0.29, 0.717) is 49.3 Å². The number of hydrogen-bond acceptors (Lipinski definition) is 8. The van der Waals surface area contributed by atoms with E-state index >= 15 is 0 Å². The molecule has 1 aliphatic rings. The van der Waals surface area contributed by atoms with Crippen LogP contribution in [0.15, 0.2) is 35.1 Å². The van der Waals surface area contributed by atoms with Gasteiger partial charge in [-0.05, 0) is 31.2 Å². The van der Waals surface area contributed by atoms with Crippen molar-refractivity contribution in [1.29, 1.82) is 0 Å². The molecule has 1 aromatic carbocycles. The lowest BCUT2D eigenvalue weighted by molar-refractivity contribution is -0.137. The molecule has 13 heteroatoms. The maximum atomic E-state index is 12.9. The van der Waals surface area contributed by atoms with Crippen molar-refractivity contribution in [3.05, 3.63) is 42.0 Å². The van der Waals surface area contributed by atoms with Crippen LogP contribution in [0.5, 0.6) is 0 Å². The number of aromatic nitrogens is 5. The zero-order chi connectivity index (χ0) is 24.0. The summed E-state index contributed by atoms with van der Waals surface area (Å²) in [5, 5.41) is 13.0. The molecule has 3 aromatic rings. The number of rotatable bonds is 9. The normalized spacial score (nSPS) is 15.0. The number of alkyl halides is 3. The zero-order valence-corrected chi connectivity index (χ0v) is 18.4. The number of carbonyl (C=O) groups is 1. The number of benzene rings is 1. The van der Waals surface area contributed by atoms with E-state index in [1.54, 1.807) is 6.07 Å². The molecule has 10 nitrogen and oxygen atoms in total. The molecule has 1 fully saturated rings. The van der Waals surface area contributed by atoms with Crippen LogP contribution in [0.1, 0.15) is 24.3 Å². The molecule has 0 unspecified atom stereocenters. The number of amides is 1. The second-order valence-corrected chi connectivity index (χ2v) is 7.93. The van der Waals surface area contributed by atoms with E-state index in [0.717, 1.165) is 32.1 Å². The lowest BCUT2D eigenvalue weighted by Gasteiger charge is -2.36. The van der Waals surface area contributed by atoms with Crippen molar-refractivity contribution in [2.75, 3.05) is 44.2 Å². The smallest absolute Gasteiger partial charge is 0.369 e. The standard InChI is InChI=1S/C21H25F3N8O2/c22-21(23,24)15-3-1-4-16(13-15)32-11-9-31(10-12-32)8-2-7-25-17(33)5-6-18-28-20(30-34-18)19-26-14-27-29-19/h1,3-4,13-14H,2,5-12H2,(H,25,33)(H,26,27,29). The Hall–Kier alpha value is -3.48. The minimum atomic E-state index is -4.34. The Morgan fingerprint density at radius 3 is 2.76 bits per heavy atom. The third-order valence-electron chi connectivity index (χ3n) is 5.55. The molecule has 1 aliphatic heterocycles. The second kappa shape index (κ2) is 10.6. The summed E-state index contributed by atoms with van der Waals surface area (Å²) >= 11 is 0. The van der Waals surface area contributed by atoms with Gasteiger partial charge in [0, 0.05) is 51.3 Å². The highest BCUT2D eigenvalue weighted by Gasteiger charge is 2.31. The van der Waals surface area contributed by atoms with Crippen LogP contribution in [0.25, 0.3) is 11.6 Å². The van der Waals surface area contributed by atoms with Crippen molar-refractivity contribution < 1.29 is 22.5 Å². The lowest BCUT2D eigenvalue weighted by Crippen LogP contribution is -2.47. The van der Waals surface area contributed by atoms with Gasteiger partial charge in [0.25, 0.3) is 0 Å². The SMILES string of the molecule is O=C(CCc1nc(-c2ncn[nH]2)no1)NCCCN1CCN(c2cccc(C(F)(F)F)c2)CC1. The summed E-state index contributed by atoms with van der Waals surface area (Å²) in [6, 6.07) is 5.45. The molecule has 0 aliphatic carbocycles.